The molecule has 0 unspecified atom stereocenters. The molecule has 1 saturated heterocycles. The van der Waals surface area contributed by atoms with Crippen LogP contribution in [0.2, 0.25) is 0 Å². The zero-order valence-corrected chi connectivity index (χ0v) is 18.6. The van der Waals surface area contributed by atoms with Gasteiger partial charge in [0.2, 0.25) is 17.7 Å². The van der Waals surface area contributed by atoms with Crippen LogP contribution in [0.4, 0.5) is 17.6 Å². The van der Waals surface area contributed by atoms with E-state index in [4.69, 9.17) is 20.9 Å². The third-order valence-electron chi connectivity index (χ3n) is 4.85. The molecule has 10 nitrogen and oxygen atoms in total. The molecule has 1 fully saturated rings. The predicted molar refractivity (Wildman–Crippen MR) is 118 cm³/mol. The van der Waals surface area contributed by atoms with Crippen LogP contribution in [-0.2, 0) is 0 Å². The molecule has 0 amide bonds. The lowest BCUT2D eigenvalue weighted by Gasteiger charge is -2.35. The molecule has 0 radical (unpaired) electrons. The van der Waals surface area contributed by atoms with Gasteiger partial charge in [-0.25, -0.2) is 9.97 Å². The van der Waals surface area contributed by atoms with Crippen molar-refractivity contribution in [2.24, 2.45) is 0 Å². The van der Waals surface area contributed by atoms with Gasteiger partial charge in [-0.2, -0.15) is 9.97 Å². The molecule has 0 bridgehead atoms. The van der Waals surface area contributed by atoms with Gasteiger partial charge in [0.15, 0.2) is 5.16 Å². The topological polar surface area (TPSA) is 129 Å². The van der Waals surface area contributed by atoms with E-state index in [0.29, 0.717) is 27.8 Å². The Morgan fingerprint density at radius 3 is 2.07 bits per heavy atom. The molecule has 3 rings (SSSR count). The summed E-state index contributed by atoms with van der Waals surface area (Å²) in [7, 11) is 3.13. The van der Waals surface area contributed by atoms with Gasteiger partial charge in [0.1, 0.15) is 16.5 Å². The lowest BCUT2D eigenvalue weighted by molar-refractivity contribution is 0.250. The second-order valence-corrected chi connectivity index (χ2v) is 7.99. The first-order chi connectivity index (χ1) is 14.5. The van der Waals surface area contributed by atoms with Crippen LogP contribution >= 0.6 is 11.8 Å². The number of hydrogen-bond acceptors (Lipinski definition) is 11. The first-order valence-electron chi connectivity index (χ1n) is 10.1. The summed E-state index contributed by atoms with van der Waals surface area (Å²) >= 11 is 1.20. The van der Waals surface area contributed by atoms with Crippen LogP contribution in [0.1, 0.15) is 26.2 Å². The highest BCUT2D eigenvalue weighted by Gasteiger charge is 2.24. The van der Waals surface area contributed by atoms with Gasteiger partial charge in [0.25, 0.3) is 0 Å². The van der Waals surface area contributed by atoms with Crippen molar-refractivity contribution in [1.82, 2.24) is 24.8 Å². The average molecular weight is 435 g/mol. The van der Waals surface area contributed by atoms with E-state index in [1.54, 1.807) is 14.2 Å². The van der Waals surface area contributed by atoms with Crippen molar-refractivity contribution in [3.8, 4) is 11.8 Å². The first kappa shape index (κ1) is 22.2. The second-order valence-electron chi connectivity index (χ2n) is 7.01. The maximum Gasteiger partial charge on any atom is 0.236 e. The third-order valence-corrected chi connectivity index (χ3v) is 5.77. The number of nitrogens with two attached hydrogens (primary N) is 2. The smallest absolute Gasteiger partial charge is 0.236 e. The average Bonchev–Trinajstić information content (AvgIpc) is 2.74. The van der Waals surface area contributed by atoms with Crippen LogP contribution in [0.5, 0.6) is 11.8 Å². The molecule has 0 saturated carbocycles. The molecule has 2 aromatic heterocycles. The Bertz CT molecular complexity index is 800. The van der Waals surface area contributed by atoms with Crippen LogP contribution in [0, 0.1) is 0 Å². The summed E-state index contributed by atoms with van der Waals surface area (Å²) in [6, 6.07) is 1.50. The number of nitrogens with zero attached hydrogens (tertiary/aromatic N) is 6. The Kier molecular flexibility index (Phi) is 7.75. The molecular weight excluding hydrogens is 404 g/mol. The highest BCUT2D eigenvalue weighted by Crippen LogP contribution is 2.40. The third kappa shape index (κ3) is 5.54. The quantitative estimate of drug-likeness (QED) is 0.443. The van der Waals surface area contributed by atoms with Crippen molar-refractivity contribution in [2.75, 3.05) is 63.3 Å². The van der Waals surface area contributed by atoms with Crippen LogP contribution in [0.3, 0.4) is 0 Å². The fourth-order valence-electron chi connectivity index (χ4n) is 3.26. The molecule has 0 aliphatic carbocycles. The lowest BCUT2D eigenvalue weighted by Crippen LogP contribution is -2.47. The van der Waals surface area contributed by atoms with Gasteiger partial charge in [-0.3, -0.25) is 4.90 Å². The van der Waals surface area contributed by atoms with E-state index in [1.165, 1.54) is 37.1 Å². The van der Waals surface area contributed by atoms with Gasteiger partial charge >= 0.3 is 0 Å². The molecule has 1 aliphatic heterocycles. The number of anilines is 3. The van der Waals surface area contributed by atoms with Crippen molar-refractivity contribution < 1.29 is 9.47 Å². The van der Waals surface area contributed by atoms with Crippen molar-refractivity contribution in [3.05, 3.63) is 6.07 Å². The Morgan fingerprint density at radius 1 is 0.933 bits per heavy atom. The van der Waals surface area contributed by atoms with Crippen LogP contribution in [0.25, 0.3) is 0 Å². The number of hydrogen-bond donors (Lipinski definition) is 2. The molecule has 3 heterocycles. The first-order valence-corrected chi connectivity index (χ1v) is 10.9. The number of piperazine rings is 1. The Balaban J connectivity index is 1.76. The van der Waals surface area contributed by atoms with Crippen molar-refractivity contribution in [3.63, 3.8) is 0 Å². The summed E-state index contributed by atoms with van der Waals surface area (Å²) < 4.78 is 11.1. The Hall–Kier alpha value is -2.53. The SMILES string of the molecule is CCCCCN1CCN(c2nc(OC)c(Sc3nc(N)cc(N)n3)c(OC)n2)CC1. The van der Waals surface area contributed by atoms with Gasteiger partial charge in [-0.15, -0.1) is 0 Å². The zero-order chi connectivity index (χ0) is 21.5. The van der Waals surface area contributed by atoms with E-state index in [-0.39, 0.29) is 11.6 Å². The fourth-order valence-corrected chi connectivity index (χ4v) is 4.18. The molecule has 0 atom stereocenters. The normalized spacial score (nSPS) is 14.7. The van der Waals surface area contributed by atoms with Crippen LogP contribution in [-0.4, -0.2) is 71.8 Å². The molecule has 0 aromatic carbocycles. The number of nitrogen functional groups attached to an aromatic ring is 2. The number of rotatable bonds is 9. The minimum Gasteiger partial charge on any atom is -0.480 e. The van der Waals surface area contributed by atoms with Gasteiger partial charge in [0.05, 0.1) is 14.2 Å². The molecule has 164 valence electrons. The van der Waals surface area contributed by atoms with E-state index < -0.39 is 0 Å². The van der Waals surface area contributed by atoms with E-state index in [9.17, 15) is 0 Å². The molecule has 0 spiro atoms. The van der Waals surface area contributed by atoms with E-state index in [1.807, 2.05) is 0 Å². The summed E-state index contributed by atoms with van der Waals surface area (Å²) in [4.78, 5) is 22.9. The zero-order valence-electron chi connectivity index (χ0n) is 17.8. The fraction of sp³-hybridized carbons (Fsp3) is 0.579. The largest absolute Gasteiger partial charge is 0.480 e. The summed E-state index contributed by atoms with van der Waals surface area (Å²) in [5, 5.41) is 0.376. The van der Waals surface area contributed by atoms with Gasteiger partial charge < -0.3 is 25.8 Å². The second kappa shape index (κ2) is 10.5. The van der Waals surface area contributed by atoms with Gasteiger partial charge in [-0.05, 0) is 24.7 Å². The predicted octanol–water partition coefficient (Wildman–Crippen LogP) is 1.91. The van der Waals surface area contributed by atoms with E-state index in [2.05, 4.69) is 36.7 Å². The molecular formula is C19H30N8O2S. The minimum atomic E-state index is 0.289. The van der Waals surface area contributed by atoms with Crippen LogP contribution in [0.15, 0.2) is 16.1 Å². The molecule has 1 aliphatic rings. The molecule has 4 N–H and O–H groups in total. The van der Waals surface area contributed by atoms with Crippen molar-refractivity contribution in [2.45, 2.75) is 36.2 Å². The standard InChI is InChI=1S/C19H30N8O2S/c1-4-5-6-7-26-8-10-27(11-9-26)18-24-16(28-2)15(17(25-18)29-3)30-19-22-13(20)12-14(21)23-19/h12H,4-11H2,1-3H3,(H4,20,21,22,23). The number of unbranched alkanes of at least 4 members (excludes halogenated alkanes) is 2. The number of ether oxygens (including phenoxy) is 2. The van der Waals surface area contributed by atoms with Crippen molar-refractivity contribution >= 4 is 29.3 Å². The Morgan fingerprint density at radius 2 is 1.53 bits per heavy atom. The maximum absolute atomic E-state index is 5.78. The Labute approximate surface area is 181 Å². The number of methoxy groups -OCH3 is 2. The summed E-state index contributed by atoms with van der Waals surface area (Å²) in [6.45, 7) is 7.08. The van der Waals surface area contributed by atoms with Gasteiger partial charge in [0, 0.05) is 32.2 Å². The lowest BCUT2D eigenvalue weighted by atomic mass is 10.2. The highest BCUT2D eigenvalue weighted by molar-refractivity contribution is 7.99. The van der Waals surface area contributed by atoms with Crippen LogP contribution < -0.4 is 25.8 Å². The monoisotopic (exact) mass is 434 g/mol. The minimum absolute atomic E-state index is 0.289. The number of aromatic nitrogens is 4. The van der Waals surface area contributed by atoms with E-state index >= 15 is 0 Å². The molecule has 11 heteroatoms. The molecule has 2 aromatic rings. The summed E-state index contributed by atoms with van der Waals surface area (Å²) in [5.41, 5.74) is 11.6. The van der Waals surface area contributed by atoms with Gasteiger partial charge in [-0.1, -0.05) is 19.8 Å². The summed E-state index contributed by atoms with van der Waals surface area (Å²) in [5.74, 6) is 1.97. The van der Waals surface area contributed by atoms with Crippen molar-refractivity contribution in [1.29, 1.82) is 0 Å². The highest BCUT2D eigenvalue weighted by atomic mass is 32.2. The maximum atomic E-state index is 5.78. The molecule has 30 heavy (non-hydrogen) atoms. The van der Waals surface area contributed by atoms with E-state index in [0.717, 1.165) is 32.7 Å². The summed E-state index contributed by atoms with van der Waals surface area (Å²) in [6.07, 6.45) is 3.77.